The molecule has 0 aliphatic carbocycles. The molecule has 3 aromatic heterocycles. The van der Waals surface area contributed by atoms with E-state index in [2.05, 4.69) is 25.5 Å². The van der Waals surface area contributed by atoms with E-state index in [-0.39, 0.29) is 6.61 Å². The fraction of sp³-hybridized carbons (Fsp3) is 0.100. The molecule has 0 radical (unpaired) electrons. The molecule has 11 heteroatoms. The zero-order valence-corrected chi connectivity index (χ0v) is 18.4. The third-order valence-corrected chi connectivity index (χ3v) is 5.89. The van der Waals surface area contributed by atoms with Gasteiger partial charge in [0, 0.05) is 10.6 Å². The molecule has 0 saturated heterocycles. The predicted octanol–water partition coefficient (Wildman–Crippen LogP) is 5.14. The lowest BCUT2D eigenvalue weighted by Crippen LogP contribution is -1.98. The maximum Gasteiger partial charge on any atom is 0.235 e. The number of hydrogen-bond acceptors (Lipinski definition) is 7. The number of aromatic amines is 1. The quantitative estimate of drug-likeness (QED) is 0.368. The van der Waals surface area contributed by atoms with Crippen molar-refractivity contribution in [3.05, 3.63) is 63.6 Å². The summed E-state index contributed by atoms with van der Waals surface area (Å²) in [5.74, 6) is 1.89. The van der Waals surface area contributed by atoms with Crippen molar-refractivity contribution in [3.63, 3.8) is 0 Å². The SMILES string of the molecule is COc1ccc(-c2cc(-c3nnc4sc(COc5ccc(Cl)cc5Cl)nn34)[nH]n2)cc1. The summed E-state index contributed by atoms with van der Waals surface area (Å²) in [6, 6.07) is 14.6. The molecule has 0 bridgehead atoms. The lowest BCUT2D eigenvalue weighted by atomic mass is 10.1. The predicted molar refractivity (Wildman–Crippen MR) is 119 cm³/mol. The minimum Gasteiger partial charge on any atom is -0.497 e. The van der Waals surface area contributed by atoms with Gasteiger partial charge in [-0.2, -0.15) is 14.7 Å². The summed E-state index contributed by atoms with van der Waals surface area (Å²) in [6.07, 6.45) is 0. The van der Waals surface area contributed by atoms with E-state index in [0.29, 0.717) is 32.3 Å². The Hall–Kier alpha value is -3.14. The highest BCUT2D eigenvalue weighted by Crippen LogP contribution is 2.29. The Morgan fingerprint density at radius 1 is 1.06 bits per heavy atom. The summed E-state index contributed by atoms with van der Waals surface area (Å²) in [5, 5.41) is 22.1. The van der Waals surface area contributed by atoms with Crippen molar-refractivity contribution in [1.82, 2.24) is 30.0 Å². The Balaban J connectivity index is 1.37. The molecule has 8 nitrogen and oxygen atoms in total. The molecule has 0 aliphatic rings. The van der Waals surface area contributed by atoms with E-state index < -0.39 is 0 Å². The summed E-state index contributed by atoms with van der Waals surface area (Å²) in [7, 11) is 1.63. The summed E-state index contributed by atoms with van der Waals surface area (Å²) >= 11 is 13.5. The molecule has 31 heavy (non-hydrogen) atoms. The van der Waals surface area contributed by atoms with Gasteiger partial charge in [-0.15, -0.1) is 10.2 Å². The van der Waals surface area contributed by atoms with Crippen LogP contribution in [-0.4, -0.2) is 37.1 Å². The molecule has 0 atom stereocenters. The number of rotatable bonds is 6. The number of benzene rings is 2. The van der Waals surface area contributed by atoms with Crippen molar-refractivity contribution in [2.24, 2.45) is 0 Å². The molecule has 2 aromatic carbocycles. The van der Waals surface area contributed by atoms with Crippen LogP contribution in [0.5, 0.6) is 11.5 Å². The Morgan fingerprint density at radius 3 is 2.68 bits per heavy atom. The minimum absolute atomic E-state index is 0.245. The number of nitrogens with one attached hydrogen (secondary N) is 1. The number of H-pyrrole nitrogens is 1. The van der Waals surface area contributed by atoms with Crippen LogP contribution in [0.2, 0.25) is 10.0 Å². The number of methoxy groups -OCH3 is 1. The van der Waals surface area contributed by atoms with Gasteiger partial charge in [-0.3, -0.25) is 5.10 Å². The lowest BCUT2D eigenvalue weighted by Gasteiger charge is -2.05. The molecule has 3 heterocycles. The van der Waals surface area contributed by atoms with E-state index in [1.807, 2.05) is 30.3 Å². The normalized spacial score (nSPS) is 11.2. The Bertz CT molecular complexity index is 1360. The van der Waals surface area contributed by atoms with Gasteiger partial charge >= 0.3 is 0 Å². The van der Waals surface area contributed by atoms with Crippen LogP contribution in [0.1, 0.15) is 5.01 Å². The number of ether oxygens (including phenoxy) is 2. The second-order valence-corrected chi connectivity index (χ2v) is 8.36. The van der Waals surface area contributed by atoms with Gasteiger partial charge in [0.05, 0.1) is 17.8 Å². The topological polar surface area (TPSA) is 90.2 Å². The van der Waals surface area contributed by atoms with Gasteiger partial charge in [-0.05, 0) is 48.5 Å². The monoisotopic (exact) mass is 472 g/mol. The van der Waals surface area contributed by atoms with E-state index in [1.165, 1.54) is 11.3 Å². The van der Waals surface area contributed by atoms with Crippen LogP contribution in [0.25, 0.3) is 27.7 Å². The number of hydrogen-bond donors (Lipinski definition) is 1. The van der Waals surface area contributed by atoms with Crippen LogP contribution in [0.3, 0.4) is 0 Å². The molecular weight excluding hydrogens is 459 g/mol. The van der Waals surface area contributed by atoms with E-state index in [0.717, 1.165) is 22.0 Å². The molecular formula is C20H14Cl2N6O2S. The number of aromatic nitrogens is 6. The molecule has 0 spiro atoms. The Kier molecular flexibility index (Phi) is 5.23. The highest BCUT2D eigenvalue weighted by atomic mass is 35.5. The van der Waals surface area contributed by atoms with Gasteiger partial charge in [-0.25, -0.2) is 0 Å². The Morgan fingerprint density at radius 2 is 1.90 bits per heavy atom. The third-order valence-electron chi connectivity index (χ3n) is 4.48. The van der Waals surface area contributed by atoms with Crippen LogP contribution in [0, 0.1) is 0 Å². The molecule has 1 N–H and O–H groups in total. The molecule has 156 valence electrons. The molecule has 5 aromatic rings. The van der Waals surface area contributed by atoms with E-state index in [1.54, 1.807) is 29.8 Å². The fourth-order valence-corrected chi connectivity index (χ4v) is 4.17. The van der Waals surface area contributed by atoms with Gasteiger partial charge < -0.3 is 9.47 Å². The molecule has 0 saturated carbocycles. The first-order chi connectivity index (χ1) is 15.1. The fourth-order valence-electron chi connectivity index (χ4n) is 2.96. The molecule has 0 amide bonds. The summed E-state index contributed by atoms with van der Waals surface area (Å²) in [4.78, 5) is 0.649. The Labute approximate surface area is 190 Å². The van der Waals surface area contributed by atoms with Gasteiger partial charge in [0.25, 0.3) is 0 Å². The van der Waals surface area contributed by atoms with Crippen molar-refractivity contribution in [2.75, 3.05) is 7.11 Å². The van der Waals surface area contributed by atoms with Crippen LogP contribution in [-0.2, 0) is 6.61 Å². The zero-order valence-electron chi connectivity index (χ0n) is 16.0. The van der Waals surface area contributed by atoms with E-state index in [9.17, 15) is 0 Å². The number of halogens is 2. The molecule has 0 unspecified atom stereocenters. The van der Waals surface area contributed by atoms with E-state index in [4.69, 9.17) is 32.7 Å². The van der Waals surface area contributed by atoms with Gasteiger partial charge in [-0.1, -0.05) is 34.5 Å². The van der Waals surface area contributed by atoms with Crippen molar-refractivity contribution < 1.29 is 9.47 Å². The van der Waals surface area contributed by atoms with Crippen molar-refractivity contribution in [3.8, 4) is 34.3 Å². The van der Waals surface area contributed by atoms with E-state index >= 15 is 0 Å². The van der Waals surface area contributed by atoms with Gasteiger partial charge in [0.15, 0.2) is 5.01 Å². The zero-order chi connectivity index (χ0) is 21.4. The largest absolute Gasteiger partial charge is 0.497 e. The van der Waals surface area contributed by atoms with Gasteiger partial charge in [0.1, 0.15) is 23.8 Å². The smallest absolute Gasteiger partial charge is 0.235 e. The molecule has 0 fully saturated rings. The average molecular weight is 473 g/mol. The number of nitrogens with zero attached hydrogens (tertiary/aromatic N) is 5. The van der Waals surface area contributed by atoms with Crippen LogP contribution in [0.4, 0.5) is 0 Å². The summed E-state index contributed by atoms with van der Waals surface area (Å²) in [5.41, 5.74) is 2.44. The molecule has 0 aliphatic heterocycles. The van der Waals surface area contributed by atoms with Crippen molar-refractivity contribution in [2.45, 2.75) is 6.61 Å². The first-order valence-electron chi connectivity index (χ1n) is 9.10. The van der Waals surface area contributed by atoms with Crippen LogP contribution < -0.4 is 9.47 Å². The first-order valence-corrected chi connectivity index (χ1v) is 10.7. The summed E-state index contributed by atoms with van der Waals surface area (Å²) < 4.78 is 12.6. The van der Waals surface area contributed by atoms with Crippen LogP contribution >= 0.6 is 34.5 Å². The summed E-state index contributed by atoms with van der Waals surface area (Å²) in [6.45, 7) is 0.245. The second-order valence-electron chi connectivity index (χ2n) is 6.47. The number of fused-ring (bicyclic) bond motifs is 1. The third kappa shape index (κ3) is 3.95. The maximum atomic E-state index is 6.16. The van der Waals surface area contributed by atoms with Crippen molar-refractivity contribution >= 4 is 39.5 Å². The highest BCUT2D eigenvalue weighted by molar-refractivity contribution is 7.16. The second kappa shape index (κ2) is 8.18. The highest BCUT2D eigenvalue weighted by Gasteiger charge is 2.17. The van der Waals surface area contributed by atoms with Crippen molar-refractivity contribution in [1.29, 1.82) is 0 Å². The standard InChI is InChI=1S/C20H14Cl2N6O2S/c1-29-13-5-2-11(3-6-13)15-9-16(24-23-15)19-25-26-20-28(19)27-18(31-20)10-30-17-7-4-12(21)8-14(17)22/h2-9H,10H2,1H3,(H,23,24). The first kappa shape index (κ1) is 19.8. The minimum atomic E-state index is 0.245. The lowest BCUT2D eigenvalue weighted by molar-refractivity contribution is 0.304. The maximum absolute atomic E-state index is 6.16. The van der Waals surface area contributed by atoms with Gasteiger partial charge in [0.2, 0.25) is 10.8 Å². The molecule has 5 rings (SSSR count). The van der Waals surface area contributed by atoms with Crippen LogP contribution in [0.15, 0.2) is 48.5 Å². The average Bonchev–Trinajstić information content (AvgIpc) is 3.49.